The van der Waals surface area contributed by atoms with Crippen molar-refractivity contribution in [2.45, 2.75) is 0 Å². The van der Waals surface area contributed by atoms with Gasteiger partial charge in [-0.3, -0.25) is 0 Å². The molecule has 122 valence electrons. The fourth-order valence-electron chi connectivity index (χ4n) is 2.21. The van der Waals surface area contributed by atoms with Gasteiger partial charge in [-0.25, -0.2) is 0 Å². The van der Waals surface area contributed by atoms with E-state index in [0.29, 0.717) is 43.8 Å². The van der Waals surface area contributed by atoms with Crippen molar-refractivity contribution in [3.05, 3.63) is 29.4 Å². The molecule has 3 rings (SSSR count). The van der Waals surface area contributed by atoms with Crippen LogP contribution in [0.25, 0.3) is 0 Å². The van der Waals surface area contributed by atoms with Crippen molar-refractivity contribution < 1.29 is 14.2 Å². The van der Waals surface area contributed by atoms with Gasteiger partial charge < -0.3 is 24.8 Å². The number of morpholine rings is 1. The van der Waals surface area contributed by atoms with Crippen LogP contribution < -0.4 is 20.1 Å². The zero-order valence-corrected chi connectivity index (χ0v) is 13.4. The van der Waals surface area contributed by atoms with E-state index in [2.05, 4.69) is 9.97 Å². The topological polar surface area (TPSA) is 82.7 Å². The molecule has 0 radical (unpaired) electrons. The maximum atomic E-state index is 6.23. The normalized spacial score (nSPS) is 14.6. The van der Waals surface area contributed by atoms with E-state index in [4.69, 9.17) is 31.5 Å². The lowest BCUT2D eigenvalue weighted by Gasteiger charge is -2.27. The number of hydrogen-bond acceptors (Lipinski definition) is 7. The van der Waals surface area contributed by atoms with E-state index in [1.165, 1.54) is 0 Å². The Morgan fingerprint density at radius 2 is 1.96 bits per heavy atom. The van der Waals surface area contributed by atoms with E-state index in [1.807, 2.05) is 11.0 Å². The minimum absolute atomic E-state index is 0.168. The summed E-state index contributed by atoms with van der Waals surface area (Å²) in [7, 11) is 1.58. The number of anilines is 2. The van der Waals surface area contributed by atoms with Gasteiger partial charge in [-0.2, -0.15) is 9.97 Å². The van der Waals surface area contributed by atoms with E-state index in [0.717, 1.165) is 0 Å². The Bertz CT molecular complexity index is 669. The summed E-state index contributed by atoms with van der Waals surface area (Å²) in [5, 5.41) is 0.168. The highest BCUT2D eigenvalue weighted by Crippen LogP contribution is 2.35. The standard InChI is InChI=1S/C15H17ClN4O3/c1-21-10-3-2-4-11(9-10)23-12-13(16)18-15(19-14(12)17)20-5-7-22-8-6-20/h2-4,9H,5-8H2,1H3,(H2,17,18,19). The Hall–Kier alpha value is -2.25. The van der Waals surface area contributed by atoms with Gasteiger partial charge in [0.2, 0.25) is 11.7 Å². The number of hydrogen-bond donors (Lipinski definition) is 1. The van der Waals surface area contributed by atoms with Crippen molar-refractivity contribution in [2.75, 3.05) is 44.0 Å². The molecule has 0 atom stereocenters. The van der Waals surface area contributed by atoms with Crippen LogP contribution in [0.3, 0.4) is 0 Å². The first-order valence-corrected chi connectivity index (χ1v) is 7.53. The average molecular weight is 337 g/mol. The number of rotatable bonds is 4. The predicted molar refractivity (Wildman–Crippen MR) is 87.6 cm³/mol. The van der Waals surface area contributed by atoms with Gasteiger partial charge in [0.15, 0.2) is 11.0 Å². The third-order valence-corrected chi connectivity index (χ3v) is 3.65. The van der Waals surface area contributed by atoms with Gasteiger partial charge in [0.25, 0.3) is 0 Å². The largest absolute Gasteiger partial charge is 0.497 e. The Balaban J connectivity index is 1.84. The summed E-state index contributed by atoms with van der Waals surface area (Å²) in [5.41, 5.74) is 6.00. The lowest BCUT2D eigenvalue weighted by molar-refractivity contribution is 0.122. The van der Waals surface area contributed by atoms with Crippen molar-refractivity contribution in [3.8, 4) is 17.2 Å². The molecule has 0 aliphatic carbocycles. The van der Waals surface area contributed by atoms with E-state index < -0.39 is 0 Å². The number of nitrogens with two attached hydrogens (primary N) is 1. The monoisotopic (exact) mass is 336 g/mol. The Morgan fingerprint density at radius 1 is 1.22 bits per heavy atom. The number of halogens is 1. The third kappa shape index (κ3) is 3.57. The molecule has 0 saturated carbocycles. The smallest absolute Gasteiger partial charge is 0.229 e. The minimum atomic E-state index is 0.168. The van der Waals surface area contributed by atoms with Crippen LogP contribution in [-0.4, -0.2) is 43.4 Å². The van der Waals surface area contributed by atoms with Crippen molar-refractivity contribution >= 4 is 23.4 Å². The number of nitrogen functional groups attached to an aromatic ring is 1. The quantitative estimate of drug-likeness (QED) is 0.858. The van der Waals surface area contributed by atoms with Crippen LogP contribution in [-0.2, 0) is 4.74 Å². The molecule has 8 heteroatoms. The lowest BCUT2D eigenvalue weighted by atomic mass is 10.3. The fraction of sp³-hybridized carbons (Fsp3) is 0.333. The molecule has 2 aromatic rings. The van der Waals surface area contributed by atoms with Gasteiger partial charge in [0.1, 0.15) is 11.5 Å². The molecular formula is C15H17ClN4O3. The second-order valence-corrected chi connectivity index (χ2v) is 5.27. The second kappa shape index (κ2) is 6.89. The van der Waals surface area contributed by atoms with Gasteiger partial charge in [-0.15, -0.1) is 0 Å². The molecule has 2 N–H and O–H groups in total. The van der Waals surface area contributed by atoms with E-state index in [1.54, 1.807) is 25.3 Å². The molecule has 1 aliphatic heterocycles. The van der Waals surface area contributed by atoms with Crippen LogP contribution in [0.5, 0.6) is 17.2 Å². The van der Waals surface area contributed by atoms with Crippen LogP contribution in [0.15, 0.2) is 24.3 Å². The van der Waals surface area contributed by atoms with Crippen molar-refractivity contribution in [1.29, 1.82) is 0 Å². The fourth-order valence-corrected chi connectivity index (χ4v) is 2.42. The molecule has 0 bridgehead atoms. The van der Waals surface area contributed by atoms with Crippen molar-refractivity contribution in [2.24, 2.45) is 0 Å². The summed E-state index contributed by atoms with van der Waals surface area (Å²) in [6, 6.07) is 7.12. The van der Waals surface area contributed by atoms with E-state index in [9.17, 15) is 0 Å². The third-order valence-electron chi connectivity index (χ3n) is 3.39. The summed E-state index contributed by atoms with van der Waals surface area (Å²) in [5.74, 6) is 2.11. The Kier molecular flexibility index (Phi) is 4.68. The molecule has 23 heavy (non-hydrogen) atoms. The van der Waals surface area contributed by atoms with Crippen LogP contribution >= 0.6 is 11.6 Å². The first-order valence-electron chi connectivity index (χ1n) is 7.15. The summed E-state index contributed by atoms with van der Waals surface area (Å²) in [6.07, 6.45) is 0. The Morgan fingerprint density at radius 3 is 2.65 bits per heavy atom. The zero-order chi connectivity index (χ0) is 16.2. The molecule has 0 amide bonds. The Labute approximate surface area is 138 Å². The van der Waals surface area contributed by atoms with Gasteiger partial charge >= 0.3 is 0 Å². The molecule has 1 aliphatic rings. The van der Waals surface area contributed by atoms with E-state index >= 15 is 0 Å². The molecular weight excluding hydrogens is 320 g/mol. The summed E-state index contributed by atoms with van der Waals surface area (Å²) in [6.45, 7) is 2.66. The lowest BCUT2D eigenvalue weighted by Crippen LogP contribution is -2.37. The summed E-state index contributed by atoms with van der Waals surface area (Å²) in [4.78, 5) is 10.6. The number of ether oxygens (including phenoxy) is 3. The molecule has 1 aromatic heterocycles. The molecule has 0 unspecified atom stereocenters. The maximum Gasteiger partial charge on any atom is 0.229 e. The van der Waals surface area contributed by atoms with Crippen LogP contribution in [0, 0.1) is 0 Å². The molecule has 1 saturated heterocycles. The van der Waals surface area contributed by atoms with Crippen LogP contribution in [0.4, 0.5) is 11.8 Å². The predicted octanol–water partition coefficient (Wildman–Crippen LogP) is 2.35. The highest BCUT2D eigenvalue weighted by molar-refractivity contribution is 6.31. The first kappa shape index (κ1) is 15.6. The van der Waals surface area contributed by atoms with Gasteiger partial charge in [0.05, 0.1) is 20.3 Å². The van der Waals surface area contributed by atoms with Crippen LogP contribution in [0.1, 0.15) is 0 Å². The number of methoxy groups -OCH3 is 1. The molecule has 1 aromatic carbocycles. The second-order valence-electron chi connectivity index (χ2n) is 4.91. The highest BCUT2D eigenvalue weighted by atomic mass is 35.5. The number of benzene rings is 1. The van der Waals surface area contributed by atoms with Crippen molar-refractivity contribution in [3.63, 3.8) is 0 Å². The SMILES string of the molecule is COc1cccc(Oc2c(N)nc(N3CCOCC3)nc2Cl)c1. The molecule has 1 fully saturated rings. The minimum Gasteiger partial charge on any atom is -0.497 e. The maximum absolute atomic E-state index is 6.23. The highest BCUT2D eigenvalue weighted by Gasteiger charge is 2.19. The summed E-state index contributed by atoms with van der Waals surface area (Å²) >= 11 is 6.23. The van der Waals surface area contributed by atoms with Crippen LogP contribution in [0.2, 0.25) is 5.15 Å². The first-order chi connectivity index (χ1) is 11.2. The summed E-state index contributed by atoms with van der Waals surface area (Å²) < 4.78 is 16.2. The number of nitrogens with zero attached hydrogens (tertiary/aromatic N) is 3. The van der Waals surface area contributed by atoms with Gasteiger partial charge in [-0.05, 0) is 12.1 Å². The average Bonchev–Trinajstić information content (AvgIpc) is 2.59. The number of aromatic nitrogens is 2. The molecule has 2 heterocycles. The zero-order valence-electron chi connectivity index (χ0n) is 12.7. The van der Waals surface area contributed by atoms with Gasteiger partial charge in [0, 0.05) is 19.2 Å². The van der Waals surface area contributed by atoms with E-state index in [-0.39, 0.29) is 16.7 Å². The van der Waals surface area contributed by atoms with Gasteiger partial charge in [-0.1, -0.05) is 17.7 Å². The van der Waals surface area contributed by atoms with Crippen molar-refractivity contribution in [1.82, 2.24) is 9.97 Å². The molecule has 7 nitrogen and oxygen atoms in total. The molecule has 0 spiro atoms.